The number of aromatic nitrogens is 1. The molecule has 0 atom stereocenters. The van der Waals surface area contributed by atoms with E-state index in [9.17, 15) is 9.59 Å². The van der Waals surface area contributed by atoms with Gasteiger partial charge in [0.15, 0.2) is 5.43 Å². The van der Waals surface area contributed by atoms with Gasteiger partial charge in [-0.2, -0.15) is 0 Å². The van der Waals surface area contributed by atoms with Gasteiger partial charge in [0.1, 0.15) is 6.54 Å². The summed E-state index contributed by atoms with van der Waals surface area (Å²) in [6, 6.07) is 13.5. The van der Waals surface area contributed by atoms with Gasteiger partial charge in [-0.1, -0.05) is 35.3 Å². The molecule has 0 saturated heterocycles. The van der Waals surface area contributed by atoms with Crippen molar-refractivity contribution in [1.82, 2.24) is 4.57 Å². The predicted octanol–water partition coefficient (Wildman–Crippen LogP) is 3.95. The first kappa shape index (κ1) is 15.6. The van der Waals surface area contributed by atoms with Gasteiger partial charge in [0.05, 0.1) is 15.6 Å². The van der Waals surface area contributed by atoms with Crippen molar-refractivity contribution in [3.05, 3.63) is 75.0 Å². The highest BCUT2D eigenvalue weighted by Crippen LogP contribution is 2.25. The Labute approximate surface area is 142 Å². The predicted molar refractivity (Wildman–Crippen MR) is 93.3 cm³/mol. The zero-order chi connectivity index (χ0) is 16.4. The van der Waals surface area contributed by atoms with Crippen molar-refractivity contribution < 1.29 is 4.79 Å². The highest BCUT2D eigenvalue weighted by Gasteiger charge is 2.08. The molecule has 2 aromatic carbocycles. The first-order valence-corrected chi connectivity index (χ1v) is 7.63. The molecule has 6 heteroatoms. The van der Waals surface area contributed by atoms with Gasteiger partial charge >= 0.3 is 0 Å². The van der Waals surface area contributed by atoms with Crippen LogP contribution in [0.4, 0.5) is 5.69 Å². The molecule has 0 spiro atoms. The maximum Gasteiger partial charge on any atom is 0.244 e. The Bertz CT molecular complexity index is 951. The highest BCUT2D eigenvalue weighted by molar-refractivity contribution is 6.42. The van der Waals surface area contributed by atoms with Crippen molar-refractivity contribution in [1.29, 1.82) is 0 Å². The first-order valence-electron chi connectivity index (χ1n) is 6.88. The molecule has 23 heavy (non-hydrogen) atoms. The third kappa shape index (κ3) is 3.38. The van der Waals surface area contributed by atoms with Gasteiger partial charge in [-0.15, -0.1) is 0 Å². The van der Waals surface area contributed by atoms with E-state index in [0.717, 1.165) is 0 Å². The van der Waals surface area contributed by atoms with Gasteiger partial charge in [0, 0.05) is 23.3 Å². The van der Waals surface area contributed by atoms with Crippen molar-refractivity contribution in [2.75, 3.05) is 5.32 Å². The van der Waals surface area contributed by atoms with E-state index in [4.69, 9.17) is 23.2 Å². The lowest BCUT2D eigenvalue weighted by molar-refractivity contribution is -0.116. The van der Waals surface area contributed by atoms with Gasteiger partial charge in [-0.3, -0.25) is 9.59 Å². The lowest BCUT2D eigenvalue weighted by Crippen LogP contribution is -2.20. The number of benzene rings is 2. The summed E-state index contributed by atoms with van der Waals surface area (Å²) in [5.41, 5.74) is 1.21. The van der Waals surface area contributed by atoms with E-state index in [-0.39, 0.29) is 17.9 Å². The van der Waals surface area contributed by atoms with Crippen molar-refractivity contribution >= 4 is 45.7 Å². The number of carbonyl (C=O) groups excluding carboxylic acids is 1. The minimum atomic E-state index is -0.225. The molecule has 3 aromatic rings. The summed E-state index contributed by atoms with van der Waals surface area (Å²) in [4.78, 5) is 24.1. The number of nitrogens with one attached hydrogen (secondary N) is 1. The van der Waals surface area contributed by atoms with Crippen LogP contribution in [-0.2, 0) is 11.3 Å². The van der Waals surface area contributed by atoms with Crippen LogP contribution in [0.3, 0.4) is 0 Å². The Hall–Kier alpha value is -2.30. The lowest BCUT2D eigenvalue weighted by atomic mass is 10.2. The number of anilines is 1. The van der Waals surface area contributed by atoms with Crippen LogP contribution in [0.15, 0.2) is 59.5 Å². The zero-order valence-corrected chi connectivity index (χ0v) is 13.4. The molecule has 0 fully saturated rings. The van der Waals surface area contributed by atoms with Crippen molar-refractivity contribution in [3.63, 3.8) is 0 Å². The number of amides is 1. The largest absolute Gasteiger partial charge is 0.338 e. The molecule has 0 aliphatic rings. The monoisotopic (exact) mass is 346 g/mol. The van der Waals surface area contributed by atoms with Crippen molar-refractivity contribution in [3.8, 4) is 0 Å². The molecule has 0 aliphatic heterocycles. The Morgan fingerprint density at radius 2 is 1.83 bits per heavy atom. The quantitative estimate of drug-likeness (QED) is 0.780. The second kappa shape index (κ2) is 6.44. The molecule has 0 saturated carbocycles. The average molecular weight is 347 g/mol. The van der Waals surface area contributed by atoms with Crippen LogP contribution in [0.25, 0.3) is 10.9 Å². The summed E-state index contributed by atoms with van der Waals surface area (Å²) in [7, 11) is 0. The molecule has 0 unspecified atom stereocenters. The Balaban J connectivity index is 1.84. The zero-order valence-electron chi connectivity index (χ0n) is 11.9. The molecular formula is C17H12Cl2N2O2. The summed E-state index contributed by atoms with van der Waals surface area (Å²) in [6.07, 6.45) is 1.61. The van der Waals surface area contributed by atoms with E-state index in [1.807, 2.05) is 12.1 Å². The number of para-hydroxylation sites is 1. The maximum absolute atomic E-state index is 12.2. The number of hydrogen-bond donors (Lipinski definition) is 1. The van der Waals surface area contributed by atoms with Crippen LogP contribution in [0.5, 0.6) is 0 Å². The minimum absolute atomic E-state index is 0.0678. The summed E-state index contributed by atoms with van der Waals surface area (Å²) in [5.74, 6) is -0.225. The summed E-state index contributed by atoms with van der Waals surface area (Å²) < 4.78 is 1.73. The van der Waals surface area contributed by atoms with Gasteiger partial charge in [0.2, 0.25) is 5.91 Å². The van der Waals surface area contributed by atoms with Gasteiger partial charge < -0.3 is 9.88 Å². The topological polar surface area (TPSA) is 51.1 Å². The van der Waals surface area contributed by atoms with Crippen LogP contribution >= 0.6 is 23.2 Å². The fourth-order valence-corrected chi connectivity index (χ4v) is 2.63. The minimum Gasteiger partial charge on any atom is -0.338 e. The molecule has 1 heterocycles. The molecule has 1 amide bonds. The number of pyridine rings is 1. The van der Waals surface area contributed by atoms with Crippen molar-refractivity contribution in [2.45, 2.75) is 6.54 Å². The van der Waals surface area contributed by atoms with Crippen LogP contribution in [-0.4, -0.2) is 10.5 Å². The van der Waals surface area contributed by atoms with E-state index in [0.29, 0.717) is 26.6 Å². The fraction of sp³-hybridized carbons (Fsp3) is 0.0588. The van der Waals surface area contributed by atoms with Gasteiger partial charge in [-0.05, 0) is 30.3 Å². The van der Waals surface area contributed by atoms with E-state index >= 15 is 0 Å². The molecule has 4 nitrogen and oxygen atoms in total. The van der Waals surface area contributed by atoms with Gasteiger partial charge in [0.25, 0.3) is 0 Å². The van der Waals surface area contributed by atoms with Crippen molar-refractivity contribution in [2.24, 2.45) is 0 Å². The molecular weight excluding hydrogens is 335 g/mol. The fourth-order valence-electron chi connectivity index (χ4n) is 2.33. The summed E-state index contributed by atoms with van der Waals surface area (Å²) in [6.45, 7) is 0.0844. The third-order valence-corrected chi connectivity index (χ3v) is 4.14. The van der Waals surface area contributed by atoms with Crippen LogP contribution in [0.1, 0.15) is 0 Å². The van der Waals surface area contributed by atoms with Crippen LogP contribution in [0, 0.1) is 0 Å². The molecule has 116 valence electrons. The molecule has 1 aromatic heterocycles. The highest BCUT2D eigenvalue weighted by atomic mass is 35.5. The third-order valence-electron chi connectivity index (χ3n) is 3.40. The lowest BCUT2D eigenvalue weighted by Gasteiger charge is -2.11. The Morgan fingerprint density at radius 3 is 2.61 bits per heavy atom. The maximum atomic E-state index is 12.2. The number of nitrogens with zero attached hydrogens (tertiary/aromatic N) is 1. The number of rotatable bonds is 3. The molecule has 0 radical (unpaired) electrons. The summed E-state index contributed by atoms with van der Waals surface area (Å²) in [5, 5.41) is 4.14. The second-order valence-corrected chi connectivity index (χ2v) is 5.82. The molecule has 0 bridgehead atoms. The Morgan fingerprint density at radius 1 is 1.04 bits per heavy atom. The molecule has 3 rings (SSSR count). The number of fused-ring (bicyclic) bond motifs is 1. The number of carbonyl (C=O) groups is 1. The Kier molecular flexibility index (Phi) is 4.37. The van der Waals surface area contributed by atoms with E-state index in [1.165, 1.54) is 6.07 Å². The van der Waals surface area contributed by atoms with E-state index in [1.54, 1.807) is 41.1 Å². The van der Waals surface area contributed by atoms with Gasteiger partial charge in [-0.25, -0.2) is 0 Å². The number of halogens is 2. The van der Waals surface area contributed by atoms with Crippen LogP contribution in [0.2, 0.25) is 10.0 Å². The van der Waals surface area contributed by atoms with E-state index in [2.05, 4.69) is 5.32 Å². The SMILES string of the molecule is O=C(Cn1ccc(=O)c2ccccc21)Nc1ccc(Cl)c(Cl)c1. The first-order chi connectivity index (χ1) is 11.0. The molecule has 0 aliphatic carbocycles. The summed E-state index contributed by atoms with van der Waals surface area (Å²) >= 11 is 11.8. The van der Waals surface area contributed by atoms with Crippen LogP contribution < -0.4 is 10.7 Å². The second-order valence-electron chi connectivity index (χ2n) is 5.00. The number of hydrogen-bond acceptors (Lipinski definition) is 2. The molecule has 1 N–H and O–H groups in total. The standard InChI is InChI=1S/C17H12Cl2N2O2/c18-13-6-5-11(9-14(13)19)20-17(23)10-21-8-7-16(22)12-3-1-2-4-15(12)21/h1-9H,10H2,(H,20,23). The smallest absolute Gasteiger partial charge is 0.244 e. The normalized spacial score (nSPS) is 10.7. The van der Waals surface area contributed by atoms with E-state index < -0.39 is 0 Å². The average Bonchev–Trinajstić information content (AvgIpc) is 2.54.